The Morgan fingerprint density at radius 2 is 1.78 bits per heavy atom. The van der Waals surface area contributed by atoms with Gasteiger partial charge in [-0.2, -0.15) is 0 Å². The van der Waals surface area contributed by atoms with Crippen LogP contribution in [0.5, 0.6) is 0 Å². The Labute approximate surface area is 187 Å². The van der Waals surface area contributed by atoms with Crippen LogP contribution in [0.1, 0.15) is 15.9 Å². The third-order valence-corrected chi connectivity index (χ3v) is 5.00. The van der Waals surface area contributed by atoms with Crippen LogP contribution >= 0.6 is 0 Å². The van der Waals surface area contributed by atoms with Crippen molar-refractivity contribution in [2.75, 3.05) is 29.6 Å². The number of hydrogen-bond acceptors (Lipinski definition) is 6. The van der Waals surface area contributed by atoms with Crippen LogP contribution in [0.15, 0.2) is 79.3 Å². The van der Waals surface area contributed by atoms with E-state index in [-0.39, 0.29) is 5.91 Å². The Morgan fingerprint density at radius 3 is 2.50 bits per heavy atom. The number of hydrogen-bond donors (Lipinski definition) is 2. The summed E-state index contributed by atoms with van der Waals surface area (Å²) in [7, 11) is 3.93. The zero-order valence-corrected chi connectivity index (χ0v) is 18.2. The lowest BCUT2D eigenvalue weighted by Crippen LogP contribution is -2.13. The fraction of sp³-hybridized carbons (Fsp3) is 0.120. The summed E-state index contributed by atoms with van der Waals surface area (Å²) < 4.78 is 0. The molecule has 0 radical (unpaired) electrons. The minimum Gasteiger partial charge on any atom is -0.378 e. The summed E-state index contributed by atoms with van der Waals surface area (Å²) in [6, 6.07) is 18.8. The Morgan fingerprint density at radius 1 is 0.969 bits per heavy atom. The van der Waals surface area contributed by atoms with Crippen molar-refractivity contribution in [3.05, 3.63) is 90.4 Å². The molecule has 160 valence electrons. The molecule has 0 bridgehead atoms. The maximum Gasteiger partial charge on any atom is 0.255 e. The van der Waals surface area contributed by atoms with Gasteiger partial charge in [-0.1, -0.05) is 6.07 Å². The first-order valence-corrected chi connectivity index (χ1v) is 10.2. The quantitative estimate of drug-likeness (QED) is 0.458. The molecule has 2 heterocycles. The maximum absolute atomic E-state index is 12.7. The highest BCUT2D eigenvalue weighted by Crippen LogP contribution is 2.25. The number of anilines is 4. The molecular weight excluding hydrogens is 400 g/mol. The lowest BCUT2D eigenvalue weighted by atomic mass is 10.1. The molecule has 7 nitrogen and oxygen atoms in total. The van der Waals surface area contributed by atoms with Gasteiger partial charge in [-0.15, -0.1) is 0 Å². The number of pyridine rings is 1. The van der Waals surface area contributed by atoms with Crippen LogP contribution in [-0.4, -0.2) is 35.0 Å². The molecule has 0 saturated heterocycles. The number of rotatable bonds is 6. The predicted octanol–water partition coefficient (Wildman–Crippen LogP) is 4.91. The third-order valence-electron chi connectivity index (χ3n) is 5.00. The zero-order valence-electron chi connectivity index (χ0n) is 18.2. The van der Waals surface area contributed by atoms with Gasteiger partial charge in [0, 0.05) is 60.9 Å². The Hall–Kier alpha value is -4.26. The Balaban J connectivity index is 1.51. The maximum atomic E-state index is 12.7. The molecule has 7 heteroatoms. The van der Waals surface area contributed by atoms with Crippen molar-refractivity contribution < 1.29 is 4.79 Å². The fourth-order valence-corrected chi connectivity index (χ4v) is 3.16. The SMILES string of the molecule is Cc1ccc(NC(=O)c2ccc(N(C)C)cc2)cc1Nc1nccc(-c2cccnc2)n1. The molecule has 0 saturated carbocycles. The van der Waals surface area contributed by atoms with Crippen LogP contribution in [0.25, 0.3) is 11.3 Å². The lowest BCUT2D eigenvalue weighted by molar-refractivity contribution is 0.102. The Bertz CT molecular complexity index is 1220. The van der Waals surface area contributed by atoms with Gasteiger partial charge in [-0.05, 0) is 67.1 Å². The molecule has 2 aromatic heterocycles. The molecule has 32 heavy (non-hydrogen) atoms. The van der Waals surface area contributed by atoms with Gasteiger partial charge in [-0.3, -0.25) is 9.78 Å². The average molecular weight is 425 g/mol. The summed E-state index contributed by atoms with van der Waals surface area (Å²) >= 11 is 0. The van der Waals surface area contributed by atoms with Crippen molar-refractivity contribution in [2.45, 2.75) is 6.92 Å². The number of amides is 1. The minimum atomic E-state index is -0.167. The van der Waals surface area contributed by atoms with E-state index < -0.39 is 0 Å². The second kappa shape index (κ2) is 9.26. The van der Waals surface area contributed by atoms with Crippen LogP contribution in [0.4, 0.5) is 23.0 Å². The molecule has 4 rings (SSSR count). The summed E-state index contributed by atoms with van der Waals surface area (Å²) in [5.41, 5.74) is 5.83. The summed E-state index contributed by atoms with van der Waals surface area (Å²) in [6.45, 7) is 1.98. The average Bonchev–Trinajstić information content (AvgIpc) is 2.82. The van der Waals surface area contributed by atoms with Crippen molar-refractivity contribution in [1.82, 2.24) is 15.0 Å². The first-order chi connectivity index (χ1) is 15.5. The van der Waals surface area contributed by atoms with Gasteiger partial charge in [0.05, 0.1) is 5.69 Å². The second-order valence-corrected chi connectivity index (χ2v) is 7.56. The van der Waals surface area contributed by atoms with Gasteiger partial charge in [0.25, 0.3) is 5.91 Å². The van der Waals surface area contributed by atoms with Crippen LogP contribution in [0, 0.1) is 6.92 Å². The number of benzene rings is 2. The molecule has 0 atom stereocenters. The zero-order chi connectivity index (χ0) is 22.5. The molecule has 2 aromatic carbocycles. The first kappa shape index (κ1) is 21.0. The van der Waals surface area contributed by atoms with Gasteiger partial charge >= 0.3 is 0 Å². The highest BCUT2D eigenvalue weighted by atomic mass is 16.1. The smallest absolute Gasteiger partial charge is 0.255 e. The number of carbonyl (C=O) groups is 1. The molecule has 1 amide bonds. The van der Waals surface area contributed by atoms with E-state index in [1.165, 1.54) is 0 Å². The monoisotopic (exact) mass is 424 g/mol. The highest BCUT2D eigenvalue weighted by Gasteiger charge is 2.10. The normalized spacial score (nSPS) is 10.5. The van der Waals surface area contributed by atoms with E-state index in [0.717, 1.165) is 28.2 Å². The molecule has 4 aromatic rings. The number of carbonyl (C=O) groups excluding carboxylic acids is 1. The first-order valence-electron chi connectivity index (χ1n) is 10.2. The molecule has 0 aliphatic heterocycles. The van der Waals surface area contributed by atoms with Gasteiger partial charge in [0.2, 0.25) is 5.95 Å². The molecule has 0 fully saturated rings. The van der Waals surface area contributed by atoms with Gasteiger partial charge in [0.1, 0.15) is 0 Å². The summed E-state index contributed by atoms with van der Waals surface area (Å²) in [6.07, 6.45) is 5.19. The molecule has 0 aliphatic rings. The van der Waals surface area contributed by atoms with Crippen molar-refractivity contribution in [3.8, 4) is 11.3 Å². The fourth-order valence-electron chi connectivity index (χ4n) is 3.16. The number of nitrogens with one attached hydrogen (secondary N) is 2. The number of aromatic nitrogens is 3. The molecule has 0 spiro atoms. The van der Waals surface area contributed by atoms with E-state index in [1.54, 1.807) is 18.6 Å². The largest absolute Gasteiger partial charge is 0.378 e. The molecule has 0 aliphatic carbocycles. The van der Waals surface area contributed by atoms with Crippen molar-refractivity contribution in [1.29, 1.82) is 0 Å². The summed E-state index contributed by atoms with van der Waals surface area (Å²) in [5, 5.41) is 6.21. The van der Waals surface area contributed by atoms with Crippen LogP contribution in [-0.2, 0) is 0 Å². The van der Waals surface area contributed by atoms with Gasteiger partial charge < -0.3 is 15.5 Å². The molecule has 2 N–H and O–H groups in total. The van der Waals surface area contributed by atoms with E-state index in [4.69, 9.17) is 0 Å². The topological polar surface area (TPSA) is 83.0 Å². The van der Waals surface area contributed by atoms with E-state index in [9.17, 15) is 4.79 Å². The van der Waals surface area contributed by atoms with Gasteiger partial charge in [-0.25, -0.2) is 9.97 Å². The van der Waals surface area contributed by atoms with Crippen molar-refractivity contribution >= 4 is 28.9 Å². The van der Waals surface area contributed by atoms with Crippen molar-refractivity contribution in [3.63, 3.8) is 0 Å². The van der Waals surface area contributed by atoms with Crippen LogP contribution in [0.2, 0.25) is 0 Å². The summed E-state index contributed by atoms with van der Waals surface area (Å²) in [5.74, 6) is 0.303. The second-order valence-electron chi connectivity index (χ2n) is 7.56. The highest BCUT2D eigenvalue weighted by molar-refractivity contribution is 6.04. The van der Waals surface area contributed by atoms with Crippen molar-refractivity contribution in [2.24, 2.45) is 0 Å². The van der Waals surface area contributed by atoms with Gasteiger partial charge in [0.15, 0.2) is 0 Å². The molecule has 0 unspecified atom stereocenters. The van der Waals surface area contributed by atoms with E-state index >= 15 is 0 Å². The third kappa shape index (κ3) is 4.89. The van der Waals surface area contributed by atoms with E-state index in [0.29, 0.717) is 17.2 Å². The van der Waals surface area contributed by atoms with E-state index in [1.807, 2.05) is 86.6 Å². The number of nitrogens with zero attached hydrogens (tertiary/aromatic N) is 4. The van der Waals surface area contributed by atoms with Crippen LogP contribution in [0.3, 0.4) is 0 Å². The van der Waals surface area contributed by atoms with Crippen LogP contribution < -0.4 is 15.5 Å². The standard InChI is InChI=1S/C25H24N6O/c1-17-6-9-20(28-24(32)18-7-10-21(11-8-18)31(2)3)15-23(17)30-25-27-14-12-22(29-25)19-5-4-13-26-16-19/h4-16H,1-3H3,(H,28,32)(H,27,29,30). The summed E-state index contributed by atoms with van der Waals surface area (Å²) in [4.78, 5) is 27.7. The number of aryl methyl sites for hydroxylation is 1. The Kier molecular flexibility index (Phi) is 6.07. The predicted molar refractivity (Wildman–Crippen MR) is 128 cm³/mol. The lowest BCUT2D eigenvalue weighted by Gasteiger charge is -2.14. The minimum absolute atomic E-state index is 0.167. The molecular formula is C25H24N6O. The van der Waals surface area contributed by atoms with E-state index in [2.05, 4.69) is 25.6 Å².